The van der Waals surface area contributed by atoms with Crippen LogP contribution >= 0.6 is 0 Å². The van der Waals surface area contributed by atoms with Gasteiger partial charge in [-0.3, -0.25) is 4.79 Å². The number of carbonyl (C=O) groups is 1. The molecule has 1 aliphatic rings. The number of carboxylic acids is 1. The Bertz CT molecular complexity index is 504. The van der Waals surface area contributed by atoms with E-state index in [4.69, 9.17) is 4.74 Å². The van der Waals surface area contributed by atoms with E-state index in [-0.39, 0.29) is 0 Å². The van der Waals surface area contributed by atoms with Gasteiger partial charge in [0.1, 0.15) is 11.6 Å². The maximum Gasteiger partial charge on any atom is 0.314 e. The number of carboxylic acid groups (broad SMARTS) is 1. The van der Waals surface area contributed by atoms with E-state index in [0.717, 1.165) is 12.0 Å². The molecular formula is C14H17FO3. The summed E-state index contributed by atoms with van der Waals surface area (Å²) in [4.78, 5) is 11.5. The molecule has 0 spiro atoms. The van der Waals surface area contributed by atoms with Crippen molar-refractivity contribution in [2.24, 2.45) is 0 Å². The Morgan fingerprint density at radius 2 is 2.00 bits per heavy atom. The van der Waals surface area contributed by atoms with Crippen LogP contribution in [0.4, 0.5) is 4.39 Å². The highest BCUT2D eigenvalue weighted by atomic mass is 19.1. The van der Waals surface area contributed by atoms with E-state index in [1.54, 1.807) is 13.8 Å². The van der Waals surface area contributed by atoms with Gasteiger partial charge in [0.15, 0.2) is 0 Å². The van der Waals surface area contributed by atoms with Crippen LogP contribution in [0.5, 0.6) is 5.75 Å². The fourth-order valence-corrected chi connectivity index (χ4v) is 2.79. The number of hydrogen-bond donors (Lipinski definition) is 1. The molecule has 1 N–H and O–H groups in total. The predicted octanol–water partition coefficient (Wildman–Crippen LogP) is 2.96. The molecule has 1 saturated carbocycles. The average molecular weight is 252 g/mol. The van der Waals surface area contributed by atoms with Gasteiger partial charge in [0.25, 0.3) is 0 Å². The second-order valence-electron chi connectivity index (χ2n) is 4.93. The first kappa shape index (κ1) is 12.9. The average Bonchev–Trinajstić information content (AvgIpc) is 2.24. The zero-order valence-electron chi connectivity index (χ0n) is 10.8. The van der Waals surface area contributed by atoms with Crippen LogP contribution in [0.1, 0.15) is 36.0 Å². The predicted molar refractivity (Wildman–Crippen MR) is 65.6 cm³/mol. The van der Waals surface area contributed by atoms with Crippen LogP contribution in [0.15, 0.2) is 6.07 Å². The molecule has 0 atom stereocenters. The second kappa shape index (κ2) is 4.26. The van der Waals surface area contributed by atoms with Crippen LogP contribution in [0, 0.1) is 19.7 Å². The molecule has 0 heterocycles. The fourth-order valence-electron chi connectivity index (χ4n) is 2.79. The Morgan fingerprint density at radius 1 is 1.39 bits per heavy atom. The summed E-state index contributed by atoms with van der Waals surface area (Å²) in [6.07, 6.45) is 1.99. The summed E-state index contributed by atoms with van der Waals surface area (Å²) in [5.74, 6) is -0.820. The molecule has 4 heteroatoms. The molecule has 0 radical (unpaired) electrons. The highest BCUT2D eigenvalue weighted by Crippen LogP contribution is 2.47. The van der Waals surface area contributed by atoms with Crippen molar-refractivity contribution in [3.8, 4) is 5.75 Å². The first-order chi connectivity index (χ1) is 8.44. The lowest BCUT2D eigenvalue weighted by atomic mass is 9.63. The number of hydrogen-bond acceptors (Lipinski definition) is 2. The molecule has 1 fully saturated rings. The van der Waals surface area contributed by atoms with Crippen molar-refractivity contribution in [1.29, 1.82) is 0 Å². The lowest BCUT2D eigenvalue weighted by Crippen LogP contribution is -2.43. The van der Waals surface area contributed by atoms with E-state index in [1.807, 2.05) is 0 Å². The van der Waals surface area contributed by atoms with Gasteiger partial charge in [-0.25, -0.2) is 4.39 Å². The summed E-state index contributed by atoms with van der Waals surface area (Å²) in [7, 11) is 1.48. The number of ether oxygens (including phenoxy) is 1. The summed E-state index contributed by atoms with van der Waals surface area (Å²) in [6.45, 7) is 3.43. The minimum absolute atomic E-state index is 0.403. The third kappa shape index (κ3) is 1.59. The van der Waals surface area contributed by atoms with Crippen LogP contribution < -0.4 is 4.74 Å². The van der Waals surface area contributed by atoms with E-state index in [0.29, 0.717) is 29.7 Å². The van der Waals surface area contributed by atoms with Gasteiger partial charge in [-0.05, 0) is 43.9 Å². The van der Waals surface area contributed by atoms with Gasteiger partial charge in [0, 0.05) is 5.56 Å². The monoisotopic (exact) mass is 252 g/mol. The van der Waals surface area contributed by atoms with Crippen molar-refractivity contribution >= 4 is 5.97 Å². The lowest BCUT2D eigenvalue weighted by molar-refractivity contribution is -0.147. The summed E-state index contributed by atoms with van der Waals surface area (Å²) in [5, 5.41) is 9.42. The molecule has 0 saturated heterocycles. The van der Waals surface area contributed by atoms with Gasteiger partial charge in [0.2, 0.25) is 0 Å². The van der Waals surface area contributed by atoms with Crippen molar-refractivity contribution in [1.82, 2.24) is 0 Å². The largest absolute Gasteiger partial charge is 0.496 e. The molecule has 1 aromatic carbocycles. The summed E-state index contributed by atoms with van der Waals surface area (Å²) in [6, 6.07) is 1.36. The first-order valence-electron chi connectivity index (χ1n) is 6.01. The zero-order valence-corrected chi connectivity index (χ0v) is 10.8. The Hall–Kier alpha value is -1.58. The first-order valence-corrected chi connectivity index (χ1v) is 6.01. The Labute approximate surface area is 106 Å². The molecule has 2 rings (SSSR count). The molecule has 0 bridgehead atoms. The van der Waals surface area contributed by atoms with Gasteiger partial charge in [0.05, 0.1) is 12.5 Å². The van der Waals surface area contributed by atoms with E-state index in [1.165, 1.54) is 13.2 Å². The number of methoxy groups -OCH3 is 1. The zero-order chi connectivity index (χ0) is 13.5. The van der Waals surface area contributed by atoms with Gasteiger partial charge >= 0.3 is 5.97 Å². The van der Waals surface area contributed by atoms with Crippen LogP contribution in [0.2, 0.25) is 0 Å². The molecule has 98 valence electrons. The van der Waals surface area contributed by atoms with Gasteiger partial charge < -0.3 is 9.84 Å². The van der Waals surface area contributed by atoms with Gasteiger partial charge in [-0.15, -0.1) is 0 Å². The van der Waals surface area contributed by atoms with Crippen molar-refractivity contribution in [3.05, 3.63) is 28.6 Å². The summed E-state index contributed by atoms with van der Waals surface area (Å²) in [5.41, 5.74) is 0.796. The lowest BCUT2D eigenvalue weighted by Gasteiger charge is -2.39. The number of halogens is 1. The fraction of sp³-hybridized carbons (Fsp3) is 0.500. The third-order valence-corrected chi connectivity index (χ3v) is 4.05. The van der Waals surface area contributed by atoms with E-state index in [2.05, 4.69) is 0 Å². The number of aliphatic carboxylic acids is 1. The topological polar surface area (TPSA) is 46.5 Å². The Morgan fingerprint density at radius 3 is 2.39 bits per heavy atom. The van der Waals surface area contributed by atoms with Gasteiger partial charge in [-0.1, -0.05) is 6.42 Å². The molecule has 0 aromatic heterocycles. The quantitative estimate of drug-likeness (QED) is 0.899. The van der Waals surface area contributed by atoms with Crippen LogP contribution in [-0.4, -0.2) is 18.2 Å². The third-order valence-electron chi connectivity index (χ3n) is 4.05. The van der Waals surface area contributed by atoms with Crippen LogP contribution in [-0.2, 0) is 10.2 Å². The molecular weight excluding hydrogens is 235 g/mol. The SMILES string of the molecule is COc1c(C)c(F)cc(C2(C(=O)O)CCC2)c1C. The van der Waals surface area contributed by atoms with Crippen molar-refractivity contribution < 1.29 is 19.0 Å². The standard InChI is InChI=1S/C14H17FO3/c1-8-10(14(13(16)17)5-4-6-14)7-11(15)9(2)12(8)18-3/h7H,4-6H2,1-3H3,(H,16,17). The van der Waals surface area contributed by atoms with Gasteiger partial charge in [-0.2, -0.15) is 0 Å². The molecule has 3 nitrogen and oxygen atoms in total. The highest BCUT2D eigenvalue weighted by Gasteiger charge is 2.47. The van der Waals surface area contributed by atoms with Crippen molar-refractivity contribution in [2.45, 2.75) is 38.5 Å². The summed E-state index contributed by atoms with van der Waals surface area (Å²) >= 11 is 0. The normalized spacial score (nSPS) is 17.1. The van der Waals surface area contributed by atoms with Crippen molar-refractivity contribution in [2.75, 3.05) is 7.11 Å². The molecule has 1 aliphatic carbocycles. The molecule has 18 heavy (non-hydrogen) atoms. The number of rotatable bonds is 3. The van der Waals surface area contributed by atoms with Crippen molar-refractivity contribution in [3.63, 3.8) is 0 Å². The Kier molecular flexibility index (Phi) is 3.05. The van der Waals surface area contributed by atoms with E-state index in [9.17, 15) is 14.3 Å². The Balaban J connectivity index is 2.65. The summed E-state index contributed by atoms with van der Waals surface area (Å²) < 4.78 is 19.1. The smallest absolute Gasteiger partial charge is 0.314 e. The van der Waals surface area contributed by atoms with Crippen LogP contribution in [0.3, 0.4) is 0 Å². The maximum atomic E-state index is 13.9. The maximum absolute atomic E-state index is 13.9. The minimum Gasteiger partial charge on any atom is -0.496 e. The van der Waals surface area contributed by atoms with Crippen LogP contribution in [0.25, 0.3) is 0 Å². The van der Waals surface area contributed by atoms with E-state index >= 15 is 0 Å². The molecule has 1 aromatic rings. The number of benzene rings is 1. The molecule has 0 amide bonds. The highest BCUT2D eigenvalue weighted by molar-refractivity contribution is 5.83. The second-order valence-corrected chi connectivity index (χ2v) is 4.93. The van der Waals surface area contributed by atoms with E-state index < -0.39 is 17.2 Å². The molecule has 0 aliphatic heterocycles. The minimum atomic E-state index is -0.925. The molecule has 0 unspecified atom stereocenters.